The van der Waals surface area contributed by atoms with Crippen molar-refractivity contribution in [2.75, 3.05) is 31.3 Å². The minimum Gasteiger partial charge on any atom is -0.481 e. The second-order valence-corrected chi connectivity index (χ2v) is 9.40. The highest BCUT2D eigenvalue weighted by Crippen LogP contribution is 2.25. The van der Waals surface area contributed by atoms with Gasteiger partial charge in [-0.05, 0) is 6.42 Å². The highest BCUT2D eigenvalue weighted by Gasteiger charge is 2.43. The summed E-state index contributed by atoms with van der Waals surface area (Å²) in [5.74, 6) is -1.63. The Bertz CT molecular complexity index is 583. The van der Waals surface area contributed by atoms with Crippen LogP contribution < -0.4 is 0 Å². The van der Waals surface area contributed by atoms with E-state index in [1.54, 1.807) is 0 Å². The van der Waals surface area contributed by atoms with E-state index in [0.29, 0.717) is 0 Å². The summed E-state index contributed by atoms with van der Waals surface area (Å²) >= 11 is 0. The molecule has 0 amide bonds. The van der Waals surface area contributed by atoms with E-state index in [9.17, 15) is 21.6 Å². The van der Waals surface area contributed by atoms with E-state index in [1.165, 1.54) is 0 Å². The summed E-state index contributed by atoms with van der Waals surface area (Å²) in [6, 6.07) is -0.769. The number of sulfone groups is 1. The van der Waals surface area contributed by atoms with Crippen LogP contribution in [-0.4, -0.2) is 74.8 Å². The smallest absolute Gasteiger partial charge is 0.305 e. The first kappa shape index (κ1) is 15.7. The molecule has 0 saturated carbocycles. The van der Waals surface area contributed by atoms with E-state index >= 15 is 0 Å². The molecule has 0 aromatic heterocycles. The molecule has 2 rings (SSSR count). The molecule has 20 heavy (non-hydrogen) atoms. The van der Waals surface area contributed by atoms with E-state index in [0.717, 1.165) is 4.31 Å². The third-order valence-electron chi connectivity index (χ3n) is 3.52. The zero-order chi connectivity index (χ0) is 15.0. The Kier molecular flexibility index (Phi) is 4.38. The number of morpholine rings is 1. The van der Waals surface area contributed by atoms with Gasteiger partial charge in [-0.2, -0.15) is 4.31 Å². The van der Waals surface area contributed by atoms with Crippen LogP contribution in [0.1, 0.15) is 12.8 Å². The Morgan fingerprint density at radius 3 is 2.65 bits per heavy atom. The maximum Gasteiger partial charge on any atom is 0.305 e. The van der Waals surface area contributed by atoms with Crippen molar-refractivity contribution in [2.45, 2.75) is 24.1 Å². The molecule has 2 fully saturated rings. The number of sulfonamides is 1. The molecule has 2 heterocycles. The second kappa shape index (κ2) is 5.58. The Morgan fingerprint density at radius 1 is 1.40 bits per heavy atom. The van der Waals surface area contributed by atoms with Crippen LogP contribution >= 0.6 is 0 Å². The minimum absolute atomic E-state index is 0.0188. The lowest BCUT2D eigenvalue weighted by Gasteiger charge is -2.35. The first-order valence-corrected chi connectivity index (χ1v) is 9.55. The molecule has 8 nitrogen and oxygen atoms in total. The van der Waals surface area contributed by atoms with Gasteiger partial charge in [-0.3, -0.25) is 4.79 Å². The molecular formula is C10H17NO7S2. The summed E-state index contributed by atoms with van der Waals surface area (Å²) in [7, 11) is -7.13. The van der Waals surface area contributed by atoms with Crippen molar-refractivity contribution >= 4 is 25.8 Å². The van der Waals surface area contributed by atoms with Gasteiger partial charge in [0.25, 0.3) is 0 Å². The molecule has 10 heteroatoms. The molecule has 116 valence electrons. The van der Waals surface area contributed by atoms with Gasteiger partial charge in [0, 0.05) is 6.54 Å². The van der Waals surface area contributed by atoms with Gasteiger partial charge in [0.1, 0.15) is 0 Å². The third kappa shape index (κ3) is 3.30. The standard InChI is InChI=1S/C10H17NO7S2/c12-10(13)5-8-6-18-3-2-11(8)20(16,17)9-1-4-19(14,15)7-9/h8-9H,1-7H2,(H,12,13). The van der Waals surface area contributed by atoms with Crippen molar-refractivity contribution in [3.8, 4) is 0 Å². The van der Waals surface area contributed by atoms with Gasteiger partial charge in [0.15, 0.2) is 9.84 Å². The number of carbonyl (C=O) groups is 1. The summed E-state index contributed by atoms with van der Waals surface area (Å²) in [5, 5.41) is 7.85. The monoisotopic (exact) mass is 327 g/mol. The molecule has 2 unspecified atom stereocenters. The predicted molar refractivity (Wildman–Crippen MR) is 69.5 cm³/mol. The fourth-order valence-corrected chi connectivity index (χ4v) is 7.21. The first-order valence-electron chi connectivity index (χ1n) is 6.23. The van der Waals surface area contributed by atoms with Crippen LogP contribution in [0.25, 0.3) is 0 Å². The fraction of sp³-hybridized carbons (Fsp3) is 0.900. The summed E-state index contributed by atoms with van der Waals surface area (Å²) in [6.45, 7) is 0.274. The van der Waals surface area contributed by atoms with E-state index in [4.69, 9.17) is 9.84 Å². The Labute approximate surface area is 117 Å². The van der Waals surface area contributed by atoms with Crippen LogP contribution in [0.2, 0.25) is 0 Å². The highest BCUT2D eigenvalue weighted by atomic mass is 32.2. The lowest BCUT2D eigenvalue weighted by atomic mass is 10.2. The van der Waals surface area contributed by atoms with Crippen LogP contribution in [0, 0.1) is 0 Å². The normalized spacial score (nSPS) is 31.2. The van der Waals surface area contributed by atoms with E-state index in [2.05, 4.69) is 0 Å². The van der Waals surface area contributed by atoms with Gasteiger partial charge in [-0.15, -0.1) is 0 Å². The third-order valence-corrected chi connectivity index (χ3v) is 7.88. The van der Waals surface area contributed by atoms with Crippen molar-refractivity contribution < 1.29 is 31.5 Å². The van der Waals surface area contributed by atoms with Crippen molar-refractivity contribution in [1.82, 2.24) is 4.31 Å². The Hall–Kier alpha value is -0.710. The molecular weight excluding hydrogens is 310 g/mol. The predicted octanol–water partition coefficient (Wildman–Crippen LogP) is -1.32. The number of ether oxygens (including phenoxy) is 1. The largest absolute Gasteiger partial charge is 0.481 e. The number of hydrogen-bond acceptors (Lipinski definition) is 6. The van der Waals surface area contributed by atoms with Crippen molar-refractivity contribution in [3.05, 3.63) is 0 Å². The summed E-state index contributed by atoms with van der Waals surface area (Å²) in [5.41, 5.74) is 0. The molecule has 2 aliphatic heterocycles. The van der Waals surface area contributed by atoms with Crippen LogP contribution in [0.4, 0.5) is 0 Å². The Balaban J connectivity index is 2.20. The maximum atomic E-state index is 12.5. The molecule has 0 aromatic carbocycles. The number of nitrogens with zero attached hydrogens (tertiary/aromatic N) is 1. The zero-order valence-electron chi connectivity index (χ0n) is 10.8. The van der Waals surface area contributed by atoms with Crippen LogP contribution in [0.15, 0.2) is 0 Å². The van der Waals surface area contributed by atoms with Gasteiger partial charge in [-0.1, -0.05) is 0 Å². The van der Waals surface area contributed by atoms with Crippen molar-refractivity contribution in [3.63, 3.8) is 0 Å². The van der Waals surface area contributed by atoms with Gasteiger partial charge >= 0.3 is 5.97 Å². The Morgan fingerprint density at radius 2 is 2.10 bits per heavy atom. The first-order chi connectivity index (χ1) is 9.22. The van der Waals surface area contributed by atoms with Crippen LogP contribution in [0.3, 0.4) is 0 Å². The van der Waals surface area contributed by atoms with E-state index < -0.39 is 37.1 Å². The maximum absolute atomic E-state index is 12.5. The lowest BCUT2D eigenvalue weighted by Crippen LogP contribution is -2.52. The molecule has 0 aliphatic carbocycles. The molecule has 0 bridgehead atoms. The lowest BCUT2D eigenvalue weighted by molar-refractivity contribution is -0.139. The average molecular weight is 327 g/mol. The van der Waals surface area contributed by atoms with Gasteiger partial charge < -0.3 is 9.84 Å². The molecule has 2 atom stereocenters. The number of aliphatic carboxylic acids is 1. The van der Waals surface area contributed by atoms with Gasteiger partial charge in [0.05, 0.1) is 42.4 Å². The highest BCUT2D eigenvalue weighted by molar-refractivity contribution is 7.95. The fourth-order valence-electron chi connectivity index (χ4n) is 2.52. The minimum atomic E-state index is -3.82. The average Bonchev–Trinajstić information content (AvgIpc) is 2.70. The zero-order valence-corrected chi connectivity index (χ0v) is 12.4. The SMILES string of the molecule is O=C(O)CC1COCCN1S(=O)(=O)C1CCS(=O)(=O)C1. The van der Waals surface area contributed by atoms with Crippen LogP contribution in [0.5, 0.6) is 0 Å². The number of carboxylic acid groups (broad SMARTS) is 1. The number of rotatable bonds is 4. The summed E-state index contributed by atoms with van der Waals surface area (Å²) in [4.78, 5) is 10.8. The van der Waals surface area contributed by atoms with Crippen molar-refractivity contribution in [2.24, 2.45) is 0 Å². The molecule has 2 aliphatic rings. The summed E-state index contributed by atoms with van der Waals surface area (Å²) in [6.07, 6.45) is -0.277. The molecule has 0 radical (unpaired) electrons. The van der Waals surface area contributed by atoms with Gasteiger partial charge in [0.2, 0.25) is 10.0 Å². The quantitative estimate of drug-likeness (QED) is 0.680. The van der Waals surface area contributed by atoms with E-state index in [-0.39, 0.29) is 44.1 Å². The molecule has 0 aromatic rings. The van der Waals surface area contributed by atoms with E-state index in [1.807, 2.05) is 0 Å². The topological polar surface area (TPSA) is 118 Å². The number of hydrogen-bond donors (Lipinski definition) is 1. The van der Waals surface area contributed by atoms with Crippen LogP contribution in [-0.2, 0) is 29.4 Å². The van der Waals surface area contributed by atoms with Crippen molar-refractivity contribution in [1.29, 1.82) is 0 Å². The molecule has 0 spiro atoms. The summed E-state index contributed by atoms with van der Waals surface area (Å²) < 4.78 is 54.0. The molecule has 2 saturated heterocycles. The van der Waals surface area contributed by atoms with Gasteiger partial charge in [-0.25, -0.2) is 16.8 Å². The second-order valence-electron chi connectivity index (χ2n) is 5.01. The number of carboxylic acids is 1. The molecule has 1 N–H and O–H groups in total.